The summed E-state index contributed by atoms with van der Waals surface area (Å²) < 4.78 is 10.5. The number of hydrogen-bond donors (Lipinski definition) is 0. The summed E-state index contributed by atoms with van der Waals surface area (Å²) >= 11 is 14.6. The summed E-state index contributed by atoms with van der Waals surface area (Å²) in [7, 11) is 0. The molecule has 0 saturated carbocycles. The first-order valence-electron chi connectivity index (χ1n) is 6.55. The highest BCUT2D eigenvalue weighted by atomic mass is 79.9. The number of ether oxygens (including phenoxy) is 2. The van der Waals surface area contributed by atoms with Gasteiger partial charge < -0.3 is 9.47 Å². The quantitative estimate of drug-likeness (QED) is 0.498. The Labute approximate surface area is 148 Å². The number of esters is 1. The van der Waals surface area contributed by atoms with Crippen LogP contribution in [0.1, 0.15) is 20.8 Å². The molecule has 0 heterocycles. The Morgan fingerprint density at radius 2 is 1.82 bits per heavy atom. The van der Waals surface area contributed by atoms with Gasteiger partial charge in [0.15, 0.2) is 5.78 Å². The maximum atomic E-state index is 12.4. The van der Waals surface area contributed by atoms with Gasteiger partial charge in [0, 0.05) is 5.02 Å². The second kappa shape index (κ2) is 8.18. The average molecular weight is 412 g/mol. The fourth-order valence-corrected chi connectivity index (χ4v) is 2.46. The maximum Gasteiger partial charge on any atom is 0.323 e. The molecule has 22 heavy (non-hydrogen) atoms. The summed E-state index contributed by atoms with van der Waals surface area (Å²) in [5, 5.41) is -1.04. The van der Waals surface area contributed by atoms with Crippen LogP contribution in [0, 0.1) is 5.41 Å². The summed E-state index contributed by atoms with van der Waals surface area (Å²) in [5.74, 6) is -0.313. The smallest absolute Gasteiger partial charge is 0.323 e. The molecule has 122 valence electrons. The zero-order valence-electron chi connectivity index (χ0n) is 12.4. The van der Waals surface area contributed by atoms with Crippen LogP contribution in [-0.2, 0) is 14.3 Å². The van der Waals surface area contributed by atoms with Crippen molar-refractivity contribution >= 4 is 50.9 Å². The van der Waals surface area contributed by atoms with Crippen molar-refractivity contribution in [3.63, 3.8) is 0 Å². The van der Waals surface area contributed by atoms with Gasteiger partial charge in [-0.1, -0.05) is 11.6 Å². The molecule has 1 aromatic carbocycles. The molecule has 4 nitrogen and oxygen atoms in total. The molecule has 2 unspecified atom stereocenters. The largest absolute Gasteiger partial charge is 0.471 e. The summed E-state index contributed by atoms with van der Waals surface area (Å²) in [6.45, 7) is 4.77. The second-order valence-corrected chi connectivity index (χ2v) is 7.28. The van der Waals surface area contributed by atoms with Crippen LogP contribution in [0.2, 0.25) is 5.02 Å². The predicted octanol–water partition coefficient (Wildman–Crippen LogP) is 4.21. The van der Waals surface area contributed by atoms with Gasteiger partial charge in [-0.2, -0.15) is 0 Å². The summed E-state index contributed by atoms with van der Waals surface area (Å²) in [4.78, 5) is 23.8. The van der Waals surface area contributed by atoms with E-state index in [1.807, 2.05) is 0 Å². The fourth-order valence-electron chi connectivity index (χ4n) is 1.43. The summed E-state index contributed by atoms with van der Waals surface area (Å²) in [5.41, 5.74) is -0.915. The lowest BCUT2D eigenvalue weighted by atomic mass is 9.89. The van der Waals surface area contributed by atoms with E-state index in [2.05, 4.69) is 15.9 Å². The minimum Gasteiger partial charge on any atom is -0.471 e. The molecule has 1 aromatic rings. The topological polar surface area (TPSA) is 52.6 Å². The van der Waals surface area contributed by atoms with Crippen molar-refractivity contribution in [1.29, 1.82) is 0 Å². The molecule has 0 fully saturated rings. The Morgan fingerprint density at radius 3 is 2.32 bits per heavy atom. The third-order valence-corrected chi connectivity index (χ3v) is 3.86. The molecule has 0 spiro atoms. The Hall–Kier alpha value is -0.780. The van der Waals surface area contributed by atoms with Gasteiger partial charge in [0.1, 0.15) is 17.7 Å². The minimum atomic E-state index is -0.915. The lowest BCUT2D eigenvalue weighted by Gasteiger charge is -2.25. The maximum absolute atomic E-state index is 12.4. The number of alkyl halides is 2. The van der Waals surface area contributed by atoms with Crippen LogP contribution in [0.4, 0.5) is 0 Å². The van der Waals surface area contributed by atoms with E-state index in [0.29, 0.717) is 10.8 Å². The minimum absolute atomic E-state index is 0.0756. The summed E-state index contributed by atoms with van der Waals surface area (Å²) in [6.07, 6.45) is 0. The molecule has 0 aliphatic rings. The van der Waals surface area contributed by atoms with Gasteiger partial charge in [-0.25, -0.2) is 0 Å². The van der Waals surface area contributed by atoms with Gasteiger partial charge >= 0.3 is 5.97 Å². The predicted molar refractivity (Wildman–Crippen MR) is 89.9 cm³/mol. The van der Waals surface area contributed by atoms with Crippen molar-refractivity contribution in [2.75, 3.05) is 6.61 Å². The monoisotopic (exact) mass is 410 g/mol. The molecular formula is C15H17BrCl2O4. The number of Topliss-reactive ketones (excluding diaryl/α,β-unsaturated/α-hetero) is 1. The lowest BCUT2D eigenvalue weighted by Crippen LogP contribution is -2.39. The van der Waals surface area contributed by atoms with Crippen LogP contribution in [0.3, 0.4) is 0 Å². The molecule has 0 N–H and O–H groups in total. The van der Waals surface area contributed by atoms with Gasteiger partial charge in [-0.15, -0.1) is 11.6 Å². The van der Waals surface area contributed by atoms with E-state index in [1.54, 1.807) is 38.1 Å². The highest BCUT2D eigenvalue weighted by molar-refractivity contribution is 9.09. The Balaban J connectivity index is 2.63. The zero-order valence-corrected chi connectivity index (χ0v) is 15.5. The van der Waals surface area contributed by atoms with Crippen molar-refractivity contribution in [2.24, 2.45) is 5.41 Å². The first-order chi connectivity index (χ1) is 10.1. The Bertz CT molecular complexity index is 529. The van der Waals surface area contributed by atoms with Gasteiger partial charge in [-0.05, 0) is 61.0 Å². The molecule has 1 rings (SSSR count). The van der Waals surface area contributed by atoms with Crippen molar-refractivity contribution in [3.8, 4) is 5.75 Å². The molecular weight excluding hydrogens is 395 g/mol. The number of hydrogen-bond acceptors (Lipinski definition) is 4. The standard InChI is InChI=1S/C15H17BrCl2O4/c1-9(17)14(20)21-8-15(2,3)12(19)13(16)22-11-6-4-10(18)5-7-11/h4-7,9,13H,8H2,1-3H3. The van der Waals surface area contributed by atoms with Crippen LogP contribution in [0.15, 0.2) is 24.3 Å². The molecule has 0 aromatic heterocycles. The highest BCUT2D eigenvalue weighted by Crippen LogP contribution is 2.26. The molecule has 0 bridgehead atoms. The van der Waals surface area contributed by atoms with Crippen LogP contribution in [0.25, 0.3) is 0 Å². The number of carbonyl (C=O) groups excluding carboxylic acids is 2. The van der Waals surface area contributed by atoms with Crippen molar-refractivity contribution in [2.45, 2.75) is 31.2 Å². The SMILES string of the molecule is CC(Cl)C(=O)OCC(C)(C)C(=O)C(Br)Oc1ccc(Cl)cc1. The van der Waals surface area contributed by atoms with Gasteiger partial charge in [-0.3, -0.25) is 9.59 Å². The van der Waals surface area contributed by atoms with E-state index in [4.69, 9.17) is 32.7 Å². The second-order valence-electron chi connectivity index (χ2n) is 5.36. The van der Waals surface area contributed by atoms with Gasteiger partial charge in [0.2, 0.25) is 5.01 Å². The van der Waals surface area contributed by atoms with E-state index in [1.165, 1.54) is 6.92 Å². The molecule has 2 atom stereocenters. The van der Waals surface area contributed by atoms with Crippen molar-refractivity contribution < 1.29 is 19.1 Å². The van der Waals surface area contributed by atoms with Crippen LogP contribution in [0.5, 0.6) is 5.75 Å². The molecule has 0 radical (unpaired) electrons. The third kappa shape index (κ3) is 5.78. The third-order valence-electron chi connectivity index (χ3n) is 2.83. The fraction of sp³-hybridized carbons (Fsp3) is 0.467. The number of rotatable bonds is 7. The molecule has 0 amide bonds. The average Bonchev–Trinajstić information content (AvgIpc) is 2.46. The van der Waals surface area contributed by atoms with Crippen LogP contribution < -0.4 is 4.74 Å². The first kappa shape index (κ1) is 19.3. The van der Waals surface area contributed by atoms with E-state index in [-0.39, 0.29) is 12.4 Å². The first-order valence-corrected chi connectivity index (χ1v) is 8.28. The molecule has 0 aliphatic heterocycles. The van der Waals surface area contributed by atoms with Crippen LogP contribution >= 0.6 is 39.1 Å². The number of benzene rings is 1. The van der Waals surface area contributed by atoms with E-state index in [0.717, 1.165) is 0 Å². The lowest BCUT2D eigenvalue weighted by molar-refractivity contribution is -0.149. The normalized spacial score (nSPS) is 14.1. The van der Waals surface area contributed by atoms with Crippen LogP contribution in [-0.4, -0.2) is 28.7 Å². The van der Waals surface area contributed by atoms with E-state index >= 15 is 0 Å². The number of halogens is 3. The molecule has 0 aliphatic carbocycles. The van der Waals surface area contributed by atoms with E-state index < -0.39 is 21.8 Å². The van der Waals surface area contributed by atoms with Gasteiger partial charge in [0.25, 0.3) is 0 Å². The van der Waals surface area contributed by atoms with Crippen molar-refractivity contribution in [3.05, 3.63) is 29.3 Å². The Kier molecular flexibility index (Phi) is 7.16. The van der Waals surface area contributed by atoms with E-state index in [9.17, 15) is 9.59 Å². The molecule has 7 heteroatoms. The Morgan fingerprint density at radius 1 is 1.27 bits per heavy atom. The molecule has 0 saturated heterocycles. The highest BCUT2D eigenvalue weighted by Gasteiger charge is 2.35. The van der Waals surface area contributed by atoms with Crippen molar-refractivity contribution in [1.82, 2.24) is 0 Å². The zero-order chi connectivity index (χ0) is 16.9. The van der Waals surface area contributed by atoms with Gasteiger partial charge in [0.05, 0.1) is 5.41 Å². The number of carbonyl (C=O) groups is 2. The summed E-state index contributed by atoms with van der Waals surface area (Å²) in [6, 6.07) is 6.64. The number of ketones is 1.